The molecule has 13 heteroatoms. The van der Waals surface area contributed by atoms with E-state index in [9.17, 15) is 18.3 Å². The number of rotatable bonds is 8. The number of nitrogens with one attached hydrogen (secondary N) is 1. The van der Waals surface area contributed by atoms with Crippen molar-refractivity contribution in [2.75, 3.05) is 26.2 Å². The second-order valence-electron chi connectivity index (χ2n) is 11.8. The van der Waals surface area contributed by atoms with Gasteiger partial charge in [0.25, 0.3) is 0 Å². The van der Waals surface area contributed by atoms with Crippen LogP contribution in [0.15, 0.2) is 43.1 Å². The van der Waals surface area contributed by atoms with Crippen LogP contribution in [0.4, 0.5) is 13.2 Å². The maximum atomic E-state index is 13.7. The molecule has 0 aromatic carbocycles. The van der Waals surface area contributed by atoms with E-state index in [0.717, 1.165) is 86.5 Å². The van der Waals surface area contributed by atoms with Crippen molar-refractivity contribution in [1.82, 2.24) is 39.5 Å². The number of alkyl halides is 3. The van der Waals surface area contributed by atoms with Crippen molar-refractivity contribution in [3.8, 4) is 17.1 Å². The van der Waals surface area contributed by atoms with Gasteiger partial charge in [0, 0.05) is 61.1 Å². The normalized spacial score (nSPS) is 21.5. The molecule has 7 rings (SSSR count). The second-order valence-corrected chi connectivity index (χ2v) is 11.8. The molecule has 4 aromatic heterocycles. The summed E-state index contributed by atoms with van der Waals surface area (Å²) in [5.74, 6) is 0.0253. The summed E-state index contributed by atoms with van der Waals surface area (Å²) in [6, 6.07) is 6.33. The van der Waals surface area contributed by atoms with E-state index in [1.54, 1.807) is 12.4 Å². The molecule has 0 amide bonds. The first kappa shape index (κ1) is 28.2. The van der Waals surface area contributed by atoms with Crippen LogP contribution >= 0.6 is 0 Å². The predicted molar refractivity (Wildman–Crippen MR) is 152 cm³/mol. The predicted octanol–water partition coefficient (Wildman–Crippen LogP) is 4.28. The monoisotopic (exact) mass is 595 g/mol. The quantitative estimate of drug-likeness (QED) is 0.311. The Morgan fingerprint density at radius 1 is 1.07 bits per heavy atom. The van der Waals surface area contributed by atoms with Gasteiger partial charge in [-0.2, -0.15) is 18.3 Å². The minimum Gasteiger partial charge on any atom is -0.474 e. The van der Waals surface area contributed by atoms with Gasteiger partial charge in [0.1, 0.15) is 23.8 Å². The summed E-state index contributed by atoms with van der Waals surface area (Å²) in [6.07, 6.45) is 7.56. The average molecular weight is 596 g/mol. The lowest BCUT2D eigenvalue weighted by Gasteiger charge is -2.45. The number of H-pyrrole nitrogens is 1. The Bertz CT molecular complexity index is 1560. The number of piperidine rings is 1. The van der Waals surface area contributed by atoms with Crippen LogP contribution in [0, 0.1) is 6.04 Å². The number of aromatic nitrogens is 6. The molecule has 0 bridgehead atoms. The van der Waals surface area contributed by atoms with Gasteiger partial charge in [-0.3, -0.25) is 14.5 Å². The van der Waals surface area contributed by atoms with E-state index in [4.69, 9.17) is 4.74 Å². The van der Waals surface area contributed by atoms with Crippen LogP contribution in [0.25, 0.3) is 22.3 Å². The first-order valence-corrected chi connectivity index (χ1v) is 14.9. The van der Waals surface area contributed by atoms with Gasteiger partial charge in [-0.05, 0) is 62.8 Å². The fourth-order valence-electron chi connectivity index (χ4n) is 6.58. The van der Waals surface area contributed by atoms with Gasteiger partial charge in [-0.25, -0.2) is 15.0 Å². The minimum atomic E-state index is -4.56. The first-order valence-electron chi connectivity index (χ1n) is 14.9. The SMILES string of the molecule is OC[C@H]1CCCN1Cc1cc(OC2CCN(C3C[C](n4cc(-c5ncnc6[nH]ccc56)cn4)C3)CC2)nc(C(F)(F)F)c1. The van der Waals surface area contributed by atoms with Gasteiger partial charge >= 0.3 is 6.18 Å². The number of fused-ring (bicyclic) bond motifs is 1. The molecular weight excluding hydrogens is 561 g/mol. The molecule has 1 radical (unpaired) electrons. The van der Waals surface area contributed by atoms with Crippen LogP contribution in [-0.2, 0) is 12.7 Å². The fraction of sp³-hybridized carbons (Fsp3) is 0.500. The van der Waals surface area contributed by atoms with E-state index in [0.29, 0.717) is 18.2 Å². The highest BCUT2D eigenvalue weighted by atomic mass is 19.4. The fourth-order valence-corrected chi connectivity index (χ4v) is 6.58. The van der Waals surface area contributed by atoms with Gasteiger partial charge in [0.2, 0.25) is 5.88 Å². The van der Waals surface area contributed by atoms with Crippen molar-refractivity contribution in [2.24, 2.45) is 0 Å². The Hall–Kier alpha value is -3.55. The first-order chi connectivity index (χ1) is 20.8. The summed E-state index contributed by atoms with van der Waals surface area (Å²) in [6.45, 7) is 2.72. The highest BCUT2D eigenvalue weighted by Gasteiger charge is 2.38. The van der Waals surface area contributed by atoms with Gasteiger partial charge in [-0.1, -0.05) is 0 Å². The van der Waals surface area contributed by atoms with E-state index in [1.165, 1.54) is 6.04 Å². The molecule has 3 aliphatic rings. The number of aliphatic hydroxyl groups excluding tert-OH is 1. The molecule has 1 atom stereocenters. The number of likely N-dealkylation sites (tertiary alicyclic amines) is 2. The van der Waals surface area contributed by atoms with E-state index in [-0.39, 0.29) is 24.6 Å². The highest BCUT2D eigenvalue weighted by Crippen LogP contribution is 2.38. The third-order valence-electron chi connectivity index (χ3n) is 9.00. The molecule has 10 nitrogen and oxygen atoms in total. The van der Waals surface area contributed by atoms with E-state index >= 15 is 0 Å². The number of aromatic amines is 1. The largest absolute Gasteiger partial charge is 0.474 e. The molecule has 2 aliphatic heterocycles. The van der Waals surface area contributed by atoms with Crippen LogP contribution in [0.5, 0.6) is 5.88 Å². The zero-order valence-corrected chi connectivity index (χ0v) is 23.7. The molecule has 2 saturated heterocycles. The van der Waals surface area contributed by atoms with Crippen molar-refractivity contribution in [2.45, 2.75) is 69.4 Å². The van der Waals surface area contributed by atoms with Crippen molar-refractivity contribution in [1.29, 1.82) is 0 Å². The molecule has 227 valence electrons. The van der Waals surface area contributed by atoms with Crippen LogP contribution in [0.1, 0.15) is 49.8 Å². The molecule has 3 fully saturated rings. The molecule has 6 heterocycles. The molecular formula is C30H34F3N8O2. The van der Waals surface area contributed by atoms with Gasteiger partial charge in [-0.15, -0.1) is 0 Å². The lowest BCUT2D eigenvalue weighted by molar-refractivity contribution is -0.141. The Balaban J connectivity index is 0.938. The highest BCUT2D eigenvalue weighted by molar-refractivity contribution is 5.90. The minimum absolute atomic E-state index is 0.00277. The Kier molecular flexibility index (Phi) is 7.56. The summed E-state index contributed by atoms with van der Waals surface area (Å²) < 4.78 is 49.0. The molecule has 1 aliphatic carbocycles. The number of hydrogen-bond acceptors (Lipinski definition) is 8. The van der Waals surface area contributed by atoms with E-state index in [2.05, 4.69) is 29.9 Å². The Morgan fingerprint density at radius 3 is 2.70 bits per heavy atom. The van der Waals surface area contributed by atoms with Crippen molar-refractivity contribution < 1.29 is 23.0 Å². The molecule has 43 heavy (non-hydrogen) atoms. The summed E-state index contributed by atoms with van der Waals surface area (Å²) in [5, 5.41) is 15.2. The summed E-state index contributed by atoms with van der Waals surface area (Å²) >= 11 is 0. The zero-order valence-electron chi connectivity index (χ0n) is 23.7. The maximum absolute atomic E-state index is 13.7. The number of hydrogen-bond donors (Lipinski definition) is 2. The maximum Gasteiger partial charge on any atom is 0.433 e. The van der Waals surface area contributed by atoms with Crippen LogP contribution < -0.4 is 4.74 Å². The van der Waals surface area contributed by atoms with Gasteiger partial charge < -0.3 is 14.8 Å². The van der Waals surface area contributed by atoms with Crippen LogP contribution in [0.3, 0.4) is 0 Å². The summed E-state index contributed by atoms with van der Waals surface area (Å²) in [4.78, 5) is 20.1. The number of ether oxygens (including phenoxy) is 1. The van der Waals surface area contributed by atoms with Crippen molar-refractivity contribution in [3.63, 3.8) is 0 Å². The van der Waals surface area contributed by atoms with E-state index in [1.807, 2.05) is 34.2 Å². The van der Waals surface area contributed by atoms with Crippen molar-refractivity contribution in [3.05, 3.63) is 60.4 Å². The Labute approximate surface area is 246 Å². The molecule has 2 N–H and O–H groups in total. The van der Waals surface area contributed by atoms with E-state index < -0.39 is 11.9 Å². The third kappa shape index (κ3) is 5.85. The lowest BCUT2D eigenvalue weighted by Crippen LogP contribution is -2.50. The number of nitrogens with zero attached hydrogens (tertiary/aromatic N) is 7. The Morgan fingerprint density at radius 2 is 1.91 bits per heavy atom. The average Bonchev–Trinajstić information content (AvgIpc) is 3.74. The van der Waals surface area contributed by atoms with Gasteiger partial charge in [0.15, 0.2) is 0 Å². The topological polar surface area (TPSA) is 108 Å². The standard InChI is InChI=1S/C30H34F3N8O2/c31-30(32,33)26-10-19(15-40-7-1-2-21(40)17-42)11-27(38-26)43-24-4-8-39(9-5-24)22-12-23(13-22)41-16-20(14-37-41)28-25-3-6-34-29(25)36-18-35-28/h3,6,10-11,14,16,18,21-22,24,42H,1-2,4-5,7-9,12-13,15,17H2,(H,34,35,36)/t21-/m1/s1. The summed E-state index contributed by atoms with van der Waals surface area (Å²) in [5.41, 5.74) is 2.16. The van der Waals surface area contributed by atoms with Crippen LogP contribution in [-0.4, -0.2) is 89.1 Å². The number of pyridine rings is 1. The van der Waals surface area contributed by atoms with Crippen LogP contribution in [0.2, 0.25) is 0 Å². The molecule has 1 saturated carbocycles. The number of aliphatic hydroxyl groups is 1. The summed E-state index contributed by atoms with van der Waals surface area (Å²) in [7, 11) is 0. The lowest BCUT2D eigenvalue weighted by atomic mass is 9.84. The van der Waals surface area contributed by atoms with Crippen molar-refractivity contribution >= 4 is 11.0 Å². The number of halogens is 3. The van der Waals surface area contributed by atoms with Gasteiger partial charge in [0.05, 0.1) is 24.5 Å². The third-order valence-corrected chi connectivity index (χ3v) is 9.00. The molecule has 4 aromatic rings. The second kappa shape index (κ2) is 11.5. The zero-order chi connectivity index (χ0) is 29.6. The smallest absolute Gasteiger partial charge is 0.433 e. The molecule has 0 unspecified atom stereocenters. The molecule has 0 spiro atoms.